The zero-order valence-electron chi connectivity index (χ0n) is 20.9. The van der Waals surface area contributed by atoms with Gasteiger partial charge < -0.3 is 18.6 Å². The van der Waals surface area contributed by atoms with Crippen LogP contribution < -0.4 is 14.2 Å². The first-order valence-electron chi connectivity index (χ1n) is 11.1. The Morgan fingerprint density at radius 2 is 1.53 bits per heavy atom. The Balaban J connectivity index is 2.74. The maximum atomic E-state index is 7.03. The third-order valence-corrected chi connectivity index (χ3v) is 11.6. The van der Waals surface area contributed by atoms with E-state index in [1.54, 1.807) is 21.3 Å². The van der Waals surface area contributed by atoms with Gasteiger partial charge in [0.2, 0.25) is 0 Å². The van der Waals surface area contributed by atoms with Crippen molar-refractivity contribution in [3.8, 4) is 17.2 Å². The highest BCUT2D eigenvalue weighted by atomic mass is 28.4. The lowest BCUT2D eigenvalue weighted by Gasteiger charge is -2.45. The molecule has 1 aliphatic carbocycles. The van der Waals surface area contributed by atoms with Crippen LogP contribution in [0.5, 0.6) is 17.2 Å². The molecule has 4 nitrogen and oxygen atoms in total. The van der Waals surface area contributed by atoms with Crippen LogP contribution in [0.25, 0.3) is 0 Å². The number of rotatable bonds is 7. The Morgan fingerprint density at radius 1 is 0.967 bits per heavy atom. The molecular weight excluding hydrogens is 392 g/mol. The van der Waals surface area contributed by atoms with Crippen LogP contribution in [0.2, 0.25) is 18.1 Å². The fourth-order valence-corrected chi connectivity index (χ4v) is 5.84. The first-order valence-corrected chi connectivity index (χ1v) is 14.0. The molecule has 0 fully saturated rings. The molecule has 0 radical (unpaired) electrons. The van der Waals surface area contributed by atoms with Crippen molar-refractivity contribution in [3.63, 3.8) is 0 Å². The van der Waals surface area contributed by atoms with E-state index in [-0.39, 0.29) is 23.0 Å². The average Bonchev–Trinajstić information content (AvgIpc) is 2.65. The molecule has 1 aromatic rings. The van der Waals surface area contributed by atoms with E-state index in [1.165, 1.54) is 11.1 Å². The predicted molar refractivity (Wildman–Crippen MR) is 128 cm³/mol. The summed E-state index contributed by atoms with van der Waals surface area (Å²) in [5.41, 5.74) is 3.43. The summed E-state index contributed by atoms with van der Waals surface area (Å²) < 4.78 is 24.7. The molecule has 0 bridgehead atoms. The van der Waals surface area contributed by atoms with Gasteiger partial charge in [-0.1, -0.05) is 39.8 Å². The largest absolute Gasteiger partial charge is 0.496 e. The molecule has 0 amide bonds. The van der Waals surface area contributed by atoms with Crippen molar-refractivity contribution in [2.24, 2.45) is 0 Å². The number of hydrogen-bond donors (Lipinski definition) is 0. The summed E-state index contributed by atoms with van der Waals surface area (Å²) in [6.07, 6.45) is 6.41. The zero-order chi connectivity index (χ0) is 22.9. The fraction of sp³-hybridized carbons (Fsp3) is 0.680. The smallest absolute Gasteiger partial charge is 0.192 e. The number of hydrogen-bond acceptors (Lipinski definition) is 4. The standard InChI is InChI=1S/C25H42O4Si/c1-12-13-14-18-19(29-30(10,11)25(4,5)6)15-16(2)20-21(18)22(26-7)17(3)23(27-8)24(20)28-9/h12-13,16,18-19H,14-15H2,1-11H3/b13-12+/t16-,18-,19-/m0/s1. The number of allylic oxidation sites excluding steroid dienone is 2. The quantitative estimate of drug-likeness (QED) is 0.343. The molecule has 0 aliphatic heterocycles. The summed E-state index contributed by atoms with van der Waals surface area (Å²) in [6.45, 7) is 18.0. The average molecular weight is 435 g/mol. The van der Waals surface area contributed by atoms with Gasteiger partial charge in [0.15, 0.2) is 19.8 Å². The second-order valence-electron chi connectivity index (χ2n) is 10.0. The van der Waals surface area contributed by atoms with Crippen molar-refractivity contribution in [2.45, 2.75) is 90.5 Å². The fourth-order valence-electron chi connectivity index (χ4n) is 4.47. The van der Waals surface area contributed by atoms with Crippen molar-refractivity contribution >= 4 is 8.32 Å². The molecule has 1 aromatic carbocycles. The summed E-state index contributed by atoms with van der Waals surface area (Å²) in [4.78, 5) is 0. The molecule has 0 spiro atoms. The van der Waals surface area contributed by atoms with Crippen LogP contribution in [0, 0.1) is 6.92 Å². The monoisotopic (exact) mass is 434 g/mol. The second-order valence-corrected chi connectivity index (χ2v) is 14.8. The van der Waals surface area contributed by atoms with Crippen molar-refractivity contribution < 1.29 is 18.6 Å². The normalized spacial score (nSPS) is 22.2. The lowest BCUT2D eigenvalue weighted by atomic mass is 9.72. The van der Waals surface area contributed by atoms with Gasteiger partial charge in [0.1, 0.15) is 5.75 Å². The van der Waals surface area contributed by atoms with Crippen LogP contribution in [0.3, 0.4) is 0 Å². The van der Waals surface area contributed by atoms with Crippen LogP contribution in [0.1, 0.15) is 76.0 Å². The Bertz CT molecular complexity index is 777. The molecule has 0 heterocycles. The number of benzene rings is 1. The first-order chi connectivity index (χ1) is 13.9. The number of fused-ring (bicyclic) bond motifs is 1. The predicted octanol–water partition coefficient (Wildman–Crippen LogP) is 6.97. The maximum Gasteiger partial charge on any atom is 0.192 e. The minimum absolute atomic E-state index is 0.149. The zero-order valence-corrected chi connectivity index (χ0v) is 21.9. The van der Waals surface area contributed by atoms with E-state index < -0.39 is 8.32 Å². The molecule has 0 saturated carbocycles. The van der Waals surface area contributed by atoms with Gasteiger partial charge in [-0.3, -0.25) is 0 Å². The third kappa shape index (κ3) is 4.42. The summed E-state index contributed by atoms with van der Waals surface area (Å²) in [5.74, 6) is 3.03. The lowest BCUT2D eigenvalue weighted by Crippen LogP contribution is -2.46. The van der Waals surface area contributed by atoms with Crippen molar-refractivity contribution in [2.75, 3.05) is 21.3 Å². The van der Waals surface area contributed by atoms with Gasteiger partial charge in [-0.05, 0) is 50.7 Å². The maximum absolute atomic E-state index is 7.03. The lowest BCUT2D eigenvalue weighted by molar-refractivity contribution is 0.123. The van der Waals surface area contributed by atoms with E-state index in [2.05, 4.69) is 66.8 Å². The molecule has 0 saturated heterocycles. The SMILES string of the molecule is C/C=C/C[C@@H]1c2c(OC)c(C)c(OC)c(OC)c2[C@@H](C)C[C@@H]1O[Si](C)(C)C(C)(C)C. The van der Waals surface area contributed by atoms with Gasteiger partial charge in [0, 0.05) is 22.6 Å². The Hall–Kier alpha value is -1.46. The van der Waals surface area contributed by atoms with Crippen LogP contribution in [-0.2, 0) is 4.43 Å². The van der Waals surface area contributed by atoms with Crippen molar-refractivity contribution in [1.82, 2.24) is 0 Å². The van der Waals surface area contributed by atoms with Gasteiger partial charge in [0.05, 0.1) is 27.4 Å². The van der Waals surface area contributed by atoms with E-state index >= 15 is 0 Å². The Kier molecular flexibility index (Phi) is 7.73. The highest BCUT2D eigenvalue weighted by molar-refractivity contribution is 6.74. The van der Waals surface area contributed by atoms with E-state index in [1.807, 2.05) is 0 Å². The topological polar surface area (TPSA) is 36.9 Å². The second kappa shape index (κ2) is 9.35. The minimum atomic E-state index is -1.93. The van der Waals surface area contributed by atoms with Crippen LogP contribution in [-0.4, -0.2) is 35.8 Å². The molecule has 3 atom stereocenters. The van der Waals surface area contributed by atoms with Gasteiger partial charge in [0.25, 0.3) is 0 Å². The van der Waals surface area contributed by atoms with Gasteiger partial charge in [-0.25, -0.2) is 0 Å². The van der Waals surface area contributed by atoms with E-state index in [4.69, 9.17) is 18.6 Å². The summed E-state index contributed by atoms with van der Waals surface area (Å²) in [7, 11) is 3.26. The van der Waals surface area contributed by atoms with Crippen LogP contribution in [0.15, 0.2) is 12.2 Å². The highest BCUT2D eigenvalue weighted by Gasteiger charge is 2.45. The molecule has 170 valence electrons. The molecule has 5 heteroatoms. The van der Waals surface area contributed by atoms with Gasteiger partial charge >= 0.3 is 0 Å². The van der Waals surface area contributed by atoms with E-state index in [9.17, 15) is 0 Å². The third-order valence-electron chi connectivity index (χ3n) is 7.06. The first kappa shape index (κ1) is 24.8. The van der Waals surface area contributed by atoms with Gasteiger partial charge in [-0.2, -0.15) is 0 Å². The van der Waals surface area contributed by atoms with Crippen molar-refractivity contribution in [1.29, 1.82) is 0 Å². The summed E-state index contributed by atoms with van der Waals surface area (Å²) in [6, 6.07) is 0. The molecule has 2 rings (SSSR count). The van der Waals surface area contributed by atoms with E-state index in [0.717, 1.165) is 35.7 Å². The molecule has 0 N–H and O–H groups in total. The summed E-state index contributed by atoms with van der Waals surface area (Å²) >= 11 is 0. The number of methoxy groups -OCH3 is 3. The van der Waals surface area contributed by atoms with E-state index in [0.29, 0.717) is 0 Å². The Labute approximate surface area is 185 Å². The molecule has 1 aliphatic rings. The van der Waals surface area contributed by atoms with Crippen molar-refractivity contribution in [3.05, 3.63) is 28.8 Å². The number of ether oxygens (including phenoxy) is 3. The summed E-state index contributed by atoms with van der Waals surface area (Å²) in [5, 5.41) is 0.166. The highest BCUT2D eigenvalue weighted by Crippen LogP contribution is 2.55. The molecule has 0 aromatic heterocycles. The molecule has 30 heavy (non-hydrogen) atoms. The van der Waals surface area contributed by atoms with Gasteiger partial charge in [-0.15, -0.1) is 0 Å². The Morgan fingerprint density at radius 3 is 2.00 bits per heavy atom. The molecular formula is C25H42O4Si. The van der Waals surface area contributed by atoms with Crippen LogP contribution in [0.4, 0.5) is 0 Å². The minimum Gasteiger partial charge on any atom is -0.496 e. The molecule has 0 unspecified atom stereocenters. The van der Waals surface area contributed by atoms with Crippen LogP contribution >= 0.6 is 0 Å².